The molecule has 156 valence electrons. The van der Waals surface area contributed by atoms with E-state index in [4.69, 9.17) is 9.26 Å². The number of aryl methyl sites for hydroxylation is 4. The number of ether oxygens (including phenoxy) is 1. The molecule has 2 aromatic rings. The Morgan fingerprint density at radius 1 is 1.14 bits per heavy atom. The molecule has 6 nitrogen and oxygen atoms in total. The molecule has 1 aromatic carbocycles. The molecule has 0 amide bonds. The summed E-state index contributed by atoms with van der Waals surface area (Å²) in [5.41, 5.74) is 4.50. The Hall–Kier alpha value is -1.77. The van der Waals surface area contributed by atoms with Crippen molar-refractivity contribution in [3.63, 3.8) is 0 Å². The van der Waals surface area contributed by atoms with E-state index < -0.39 is 0 Å². The Morgan fingerprint density at radius 2 is 1.86 bits per heavy atom. The Kier molecular flexibility index (Phi) is 11.0. The fraction of sp³-hybridized carbons (Fsp3) is 0.524. The summed E-state index contributed by atoms with van der Waals surface area (Å²) in [6, 6.07) is 6.20. The second kappa shape index (κ2) is 12.6. The SMILES string of the molecule is CCc1noc(CC)c1CNC(=NC)NCCCOc1c(C)cccc1C.I. The highest BCUT2D eigenvalue weighted by Crippen LogP contribution is 2.22. The van der Waals surface area contributed by atoms with Gasteiger partial charge in [0.15, 0.2) is 5.96 Å². The lowest BCUT2D eigenvalue weighted by Crippen LogP contribution is -2.38. The monoisotopic (exact) mass is 500 g/mol. The highest BCUT2D eigenvalue weighted by molar-refractivity contribution is 14.0. The van der Waals surface area contributed by atoms with Gasteiger partial charge >= 0.3 is 0 Å². The zero-order valence-electron chi connectivity index (χ0n) is 17.6. The minimum atomic E-state index is 0. The van der Waals surface area contributed by atoms with Gasteiger partial charge in [-0.2, -0.15) is 0 Å². The van der Waals surface area contributed by atoms with Gasteiger partial charge in [0.2, 0.25) is 0 Å². The van der Waals surface area contributed by atoms with Crippen LogP contribution in [0.3, 0.4) is 0 Å². The molecule has 0 bridgehead atoms. The van der Waals surface area contributed by atoms with E-state index in [9.17, 15) is 0 Å². The zero-order valence-corrected chi connectivity index (χ0v) is 19.9. The first-order valence-corrected chi connectivity index (χ1v) is 9.70. The van der Waals surface area contributed by atoms with E-state index in [0.717, 1.165) is 54.5 Å². The standard InChI is InChI=1S/C21H32N4O2.HI/c1-6-18-17(19(7-2)27-25-18)14-24-21(22-5)23-12-9-13-26-20-15(3)10-8-11-16(20)4;/h8,10-11H,6-7,9,12-14H2,1-5H3,(H2,22,23,24);1H. The third-order valence-corrected chi connectivity index (χ3v) is 4.53. The third kappa shape index (κ3) is 6.68. The summed E-state index contributed by atoms with van der Waals surface area (Å²) >= 11 is 0. The number of hydrogen-bond donors (Lipinski definition) is 2. The lowest BCUT2D eigenvalue weighted by molar-refractivity contribution is 0.307. The van der Waals surface area contributed by atoms with Crippen LogP contribution in [-0.4, -0.2) is 31.3 Å². The van der Waals surface area contributed by atoms with Gasteiger partial charge in [-0.05, 0) is 37.8 Å². The van der Waals surface area contributed by atoms with E-state index in [0.29, 0.717) is 13.2 Å². The summed E-state index contributed by atoms with van der Waals surface area (Å²) in [7, 11) is 1.78. The molecule has 0 radical (unpaired) electrons. The quantitative estimate of drug-likeness (QED) is 0.234. The van der Waals surface area contributed by atoms with Crippen molar-refractivity contribution in [2.75, 3.05) is 20.2 Å². The summed E-state index contributed by atoms with van der Waals surface area (Å²) in [6.45, 7) is 10.4. The van der Waals surface area contributed by atoms with Gasteiger partial charge in [0, 0.05) is 32.1 Å². The van der Waals surface area contributed by atoms with Crippen molar-refractivity contribution in [3.8, 4) is 5.75 Å². The van der Waals surface area contributed by atoms with Crippen LogP contribution in [0.25, 0.3) is 0 Å². The summed E-state index contributed by atoms with van der Waals surface area (Å²) in [4.78, 5) is 4.29. The fourth-order valence-electron chi connectivity index (χ4n) is 3.01. The highest BCUT2D eigenvalue weighted by atomic mass is 127. The average Bonchev–Trinajstić information content (AvgIpc) is 3.08. The number of nitrogens with zero attached hydrogens (tertiary/aromatic N) is 2. The van der Waals surface area contributed by atoms with Gasteiger partial charge in [0.1, 0.15) is 11.5 Å². The molecule has 0 aliphatic rings. The number of guanidine groups is 1. The maximum absolute atomic E-state index is 5.94. The van der Waals surface area contributed by atoms with E-state index in [1.54, 1.807) is 7.05 Å². The molecule has 0 aliphatic heterocycles. The Morgan fingerprint density at radius 3 is 2.46 bits per heavy atom. The number of rotatable bonds is 9. The zero-order chi connectivity index (χ0) is 19.6. The second-order valence-electron chi connectivity index (χ2n) is 6.51. The van der Waals surface area contributed by atoms with Crippen molar-refractivity contribution >= 4 is 29.9 Å². The first kappa shape index (κ1) is 24.3. The van der Waals surface area contributed by atoms with Gasteiger partial charge < -0.3 is 19.9 Å². The molecule has 2 rings (SSSR count). The predicted molar refractivity (Wildman–Crippen MR) is 125 cm³/mol. The van der Waals surface area contributed by atoms with Crippen molar-refractivity contribution in [3.05, 3.63) is 46.3 Å². The van der Waals surface area contributed by atoms with E-state index in [-0.39, 0.29) is 24.0 Å². The molecule has 0 unspecified atom stereocenters. The van der Waals surface area contributed by atoms with Crippen LogP contribution in [0.4, 0.5) is 0 Å². The summed E-state index contributed by atoms with van der Waals surface area (Å²) in [5.74, 6) is 2.70. The van der Waals surface area contributed by atoms with Crippen LogP contribution in [-0.2, 0) is 19.4 Å². The molecule has 0 atom stereocenters. The van der Waals surface area contributed by atoms with Crippen LogP contribution in [0, 0.1) is 13.8 Å². The van der Waals surface area contributed by atoms with Crippen molar-refractivity contribution in [2.24, 2.45) is 4.99 Å². The molecule has 0 spiro atoms. The molecule has 28 heavy (non-hydrogen) atoms. The van der Waals surface area contributed by atoms with Gasteiger partial charge in [-0.15, -0.1) is 24.0 Å². The van der Waals surface area contributed by atoms with Gasteiger partial charge in [-0.3, -0.25) is 4.99 Å². The molecule has 7 heteroatoms. The Labute approximate surface area is 185 Å². The van der Waals surface area contributed by atoms with Crippen molar-refractivity contribution in [1.29, 1.82) is 0 Å². The first-order valence-electron chi connectivity index (χ1n) is 9.70. The number of aromatic nitrogens is 1. The maximum Gasteiger partial charge on any atom is 0.191 e. The number of nitrogens with one attached hydrogen (secondary N) is 2. The average molecular weight is 500 g/mol. The minimum Gasteiger partial charge on any atom is -0.493 e. The largest absolute Gasteiger partial charge is 0.493 e. The predicted octanol–water partition coefficient (Wildman–Crippen LogP) is 4.17. The van der Waals surface area contributed by atoms with E-state index >= 15 is 0 Å². The van der Waals surface area contributed by atoms with Crippen LogP contribution < -0.4 is 15.4 Å². The molecule has 0 saturated heterocycles. The van der Waals surface area contributed by atoms with Gasteiger partial charge in [0.05, 0.1) is 12.3 Å². The fourth-order valence-corrected chi connectivity index (χ4v) is 3.01. The van der Waals surface area contributed by atoms with Gasteiger partial charge in [0.25, 0.3) is 0 Å². The molecule has 2 N–H and O–H groups in total. The van der Waals surface area contributed by atoms with Crippen molar-refractivity contribution < 1.29 is 9.26 Å². The normalized spacial score (nSPS) is 11.1. The topological polar surface area (TPSA) is 71.7 Å². The number of aliphatic imine (C=N–C) groups is 1. The number of para-hydroxylation sites is 1. The van der Waals surface area contributed by atoms with Gasteiger partial charge in [-0.25, -0.2) is 0 Å². The summed E-state index contributed by atoms with van der Waals surface area (Å²) in [5, 5.41) is 10.8. The summed E-state index contributed by atoms with van der Waals surface area (Å²) in [6.07, 6.45) is 2.59. The van der Waals surface area contributed by atoms with E-state index in [1.807, 2.05) is 0 Å². The van der Waals surface area contributed by atoms with Crippen LogP contribution in [0.5, 0.6) is 5.75 Å². The highest BCUT2D eigenvalue weighted by Gasteiger charge is 2.13. The molecule has 1 aromatic heterocycles. The lowest BCUT2D eigenvalue weighted by Gasteiger charge is -2.14. The van der Waals surface area contributed by atoms with Crippen molar-refractivity contribution in [1.82, 2.24) is 15.8 Å². The van der Waals surface area contributed by atoms with Crippen molar-refractivity contribution in [2.45, 2.75) is 53.5 Å². The second-order valence-corrected chi connectivity index (χ2v) is 6.51. The molecule has 0 aliphatic carbocycles. The minimum absolute atomic E-state index is 0. The van der Waals surface area contributed by atoms with Crippen LogP contribution in [0.15, 0.2) is 27.7 Å². The maximum atomic E-state index is 5.94. The summed E-state index contributed by atoms with van der Waals surface area (Å²) < 4.78 is 11.4. The molecular formula is C21H33IN4O2. The third-order valence-electron chi connectivity index (χ3n) is 4.53. The number of hydrogen-bond acceptors (Lipinski definition) is 4. The van der Waals surface area contributed by atoms with Crippen LogP contribution >= 0.6 is 24.0 Å². The molecule has 1 heterocycles. The number of benzene rings is 1. The molecule has 0 saturated carbocycles. The van der Waals surface area contributed by atoms with E-state index in [2.05, 4.69) is 66.7 Å². The Bertz CT molecular complexity index is 717. The van der Waals surface area contributed by atoms with Crippen LogP contribution in [0.1, 0.15) is 48.4 Å². The van der Waals surface area contributed by atoms with Gasteiger partial charge in [-0.1, -0.05) is 37.2 Å². The first-order chi connectivity index (χ1) is 13.1. The van der Waals surface area contributed by atoms with E-state index in [1.165, 1.54) is 11.1 Å². The number of halogens is 1. The Balaban J connectivity index is 0.00000392. The lowest BCUT2D eigenvalue weighted by atomic mass is 10.1. The van der Waals surface area contributed by atoms with Crippen LogP contribution in [0.2, 0.25) is 0 Å². The molecule has 0 fully saturated rings. The smallest absolute Gasteiger partial charge is 0.191 e. The molecular weight excluding hydrogens is 467 g/mol.